The Morgan fingerprint density at radius 2 is 2.21 bits per heavy atom. The third-order valence-electron chi connectivity index (χ3n) is 4.80. The average Bonchev–Trinajstić information content (AvgIpc) is 3.34. The topological polar surface area (TPSA) is 76.2 Å². The molecule has 1 aliphatic heterocycles. The van der Waals surface area contributed by atoms with E-state index < -0.39 is 0 Å². The van der Waals surface area contributed by atoms with Crippen LogP contribution in [-0.2, 0) is 4.74 Å². The number of rotatable bonds is 5. The highest BCUT2D eigenvalue weighted by atomic mass is 16.5. The summed E-state index contributed by atoms with van der Waals surface area (Å²) in [5, 5.41) is 6.98. The number of morpholine rings is 1. The standard InChI is InChI=1S/C17H23N5O2/c1-2-4-13(3-1)12-24-17-10-18-9-16(20-17)22-7-8-23-15(11-22)14-5-6-19-21-14/h5-6,9-10,13,15H,1-4,7-8,11-12H2,(H,19,21). The van der Waals surface area contributed by atoms with Crippen molar-refractivity contribution >= 4 is 5.82 Å². The zero-order valence-corrected chi connectivity index (χ0v) is 13.7. The van der Waals surface area contributed by atoms with E-state index in [1.807, 2.05) is 6.07 Å². The molecule has 128 valence electrons. The summed E-state index contributed by atoms with van der Waals surface area (Å²) in [5.41, 5.74) is 0.987. The van der Waals surface area contributed by atoms with Gasteiger partial charge in [0.05, 0.1) is 37.8 Å². The summed E-state index contributed by atoms with van der Waals surface area (Å²) >= 11 is 0. The van der Waals surface area contributed by atoms with Crippen LogP contribution in [0.15, 0.2) is 24.7 Å². The lowest BCUT2D eigenvalue weighted by Crippen LogP contribution is -2.39. The van der Waals surface area contributed by atoms with Gasteiger partial charge in [-0.25, -0.2) is 0 Å². The molecule has 4 rings (SSSR count). The third-order valence-corrected chi connectivity index (χ3v) is 4.80. The van der Waals surface area contributed by atoms with Gasteiger partial charge in [-0.2, -0.15) is 10.1 Å². The summed E-state index contributed by atoms with van der Waals surface area (Å²) in [6.07, 6.45) is 10.4. The van der Waals surface area contributed by atoms with Crippen LogP contribution in [0.1, 0.15) is 37.5 Å². The minimum atomic E-state index is -0.0221. The fourth-order valence-corrected chi connectivity index (χ4v) is 3.43. The monoisotopic (exact) mass is 329 g/mol. The quantitative estimate of drug-likeness (QED) is 0.907. The molecule has 1 atom stereocenters. The van der Waals surface area contributed by atoms with Crippen molar-refractivity contribution in [3.05, 3.63) is 30.4 Å². The Bertz CT molecular complexity index is 642. The summed E-state index contributed by atoms with van der Waals surface area (Å²) in [4.78, 5) is 11.1. The van der Waals surface area contributed by atoms with Crippen LogP contribution < -0.4 is 9.64 Å². The van der Waals surface area contributed by atoms with Crippen molar-refractivity contribution in [2.75, 3.05) is 31.2 Å². The highest BCUT2D eigenvalue weighted by molar-refractivity contribution is 5.38. The molecule has 0 amide bonds. The number of hydrogen-bond donors (Lipinski definition) is 1. The van der Waals surface area contributed by atoms with Crippen molar-refractivity contribution in [1.82, 2.24) is 20.2 Å². The van der Waals surface area contributed by atoms with Crippen molar-refractivity contribution < 1.29 is 9.47 Å². The Kier molecular flexibility index (Phi) is 4.60. The first-order valence-electron chi connectivity index (χ1n) is 8.69. The van der Waals surface area contributed by atoms with Crippen molar-refractivity contribution in [2.24, 2.45) is 5.92 Å². The molecule has 2 aromatic heterocycles. The lowest BCUT2D eigenvalue weighted by Gasteiger charge is -2.33. The Hall–Kier alpha value is -2.15. The van der Waals surface area contributed by atoms with Crippen LogP contribution in [0.4, 0.5) is 5.82 Å². The van der Waals surface area contributed by atoms with E-state index >= 15 is 0 Å². The Labute approximate surface area is 141 Å². The van der Waals surface area contributed by atoms with Gasteiger partial charge >= 0.3 is 0 Å². The van der Waals surface area contributed by atoms with Crippen molar-refractivity contribution in [3.8, 4) is 5.88 Å². The molecule has 1 saturated carbocycles. The molecule has 2 aromatic rings. The fourth-order valence-electron chi connectivity index (χ4n) is 3.43. The maximum Gasteiger partial charge on any atom is 0.234 e. The summed E-state index contributed by atoms with van der Waals surface area (Å²) in [7, 11) is 0. The van der Waals surface area contributed by atoms with E-state index in [-0.39, 0.29) is 6.10 Å². The molecule has 1 unspecified atom stereocenters. The Morgan fingerprint density at radius 1 is 1.29 bits per heavy atom. The maximum atomic E-state index is 5.87. The summed E-state index contributed by atoms with van der Waals surface area (Å²) < 4.78 is 11.7. The van der Waals surface area contributed by atoms with E-state index in [0.29, 0.717) is 18.4 Å². The van der Waals surface area contributed by atoms with E-state index in [4.69, 9.17) is 9.47 Å². The molecule has 24 heavy (non-hydrogen) atoms. The average molecular weight is 329 g/mol. The number of anilines is 1. The number of H-pyrrole nitrogens is 1. The number of aromatic nitrogens is 4. The van der Waals surface area contributed by atoms with Crippen molar-refractivity contribution in [2.45, 2.75) is 31.8 Å². The third kappa shape index (κ3) is 3.51. The molecule has 3 heterocycles. The first kappa shape index (κ1) is 15.4. The van der Waals surface area contributed by atoms with E-state index in [9.17, 15) is 0 Å². The second-order valence-electron chi connectivity index (χ2n) is 6.49. The minimum absolute atomic E-state index is 0.0221. The first-order chi connectivity index (χ1) is 11.9. The maximum absolute atomic E-state index is 5.87. The van der Waals surface area contributed by atoms with Gasteiger partial charge in [0.2, 0.25) is 5.88 Å². The van der Waals surface area contributed by atoms with Crippen molar-refractivity contribution in [1.29, 1.82) is 0 Å². The molecule has 0 bridgehead atoms. The van der Waals surface area contributed by atoms with Gasteiger partial charge in [0.15, 0.2) is 5.82 Å². The molecule has 2 aliphatic rings. The number of aromatic amines is 1. The zero-order chi connectivity index (χ0) is 16.2. The lowest BCUT2D eigenvalue weighted by atomic mass is 10.1. The molecule has 1 aliphatic carbocycles. The molecule has 0 radical (unpaired) electrons. The summed E-state index contributed by atoms with van der Waals surface area (Å²) in [6.45, 7) is 2.92. The second kappa shape index (κ2) is 7.17. The number of ether oxygens (including phenoxy) is 2. The van der Waals surface area contributed by atoms with Crippen LogP contribution in [0.25, 0.3) is 0 Å². The Balaban J connectivity index is 1.40. The lowest BCUT2D eigenvalue weighted by molar-refractivity contribution is 0.0366. The van der Waals surface area contributed by atoms with Gasteiger partial charge in [-0.15, -0.1) is 0 Å². The van der Waals surface area contributed by atoms with Crippen molar-refractivity contribution in [3.63, 3.8) is 0 Å². The normalized spacial score (nSPS) is 22.0. The van der Waals surface area contributed by atoms with Crippen LogP contribution in [-0.4, -0.2) is 46.5 Å². The van der Waals surface area contributed by atoms with E-state index in [1.54, 1.807) is 18.6 Å². The summed E-state index contributed by atoms with van der Waals surface area (Å²) in [5.74, 6) is 2.12. The van der Waals surface area contributed by atoms with Gasteiger partial charge in [0, 0.05) is 12.7 Å². The molecule has 2 fully saturated rings. The molecular weight excluding hydrogens is 306 g/mol. The van der Waals surface area contributed by atoms with Gasteiger partial charge in [-0.1, -0.05) is 12.8 Å². The number of hydrogen-bond acceptors (Lipinski definition) is 6. The van der Waals surface area contributed by atoms with Gasteiger partial charge in [-0.3, -0.25) is 10.1 Å². The molecular formula is C17H23N5O2. The number of nitrogens with zero attached hydrogens (tertiary/aromatic N) is 4. The Morgan fingerprint density at radius 3 is 3.04 bits per heavy atom. The minimum Gasteiger partial charge on any atom is -0.476 e. The van der Waals surface area contributed by atoms with Crippen LogP contribution in [0, 0.1) is 5.92 Å². The number of nitrogens with one attached hydrogen (secondary N) is 1. The smallest absolute Gasteiger partial charge is 0.234 e. The van der Waals surface area contributed by atoms with E-state index in [1.165, 1.54) is 25.7 Å². The first-order valence-corrected chi connectivity index (χ1v) is 8.69. The fraction of sp³-hybridized carbons (Fsp3) is 0.588. The zero-order valence-electron chi connectivity index (χ0n) is 13.7. The second-order valence-corrected chi connectivity index (χ2v) is 6.49. The van der Waals surface area contributed by atoms with E-state index in [0.717, 1.165) is 31.2 Å². The molecule has 7 nitrogen and oxygen atoms in total. The molecule has 0 aromatic carbocycles. The van der Waals surface area contributed by atoms with E-state index in [2.05, 4.69) is 25.1 Å². The molecule has 7 heteroatoms. The predicted octanol–water partition coefficient (Wildman–Crippen LogP) is 2.35. The molecule has 1 N–H and O–H groups in total. The van der Waals surface area contributed by atoms with Gasteiger partial charge in [-0.05, 0) is 24.8 Å². The highest BCUT2D eigenvalue weighted by Gasteiger charge is 2.24. The SMILES string of the molecule is c1cc(C2CN(c3cncc(OCC4CCCC4)n3)CCO2)[nH]n1. The summed E-state index contributed by atoms with van der Waals surface area (Å²) in [6, 6.07) is 1.95. The van der Waals surface area contributed by atoms with Crippen LogP contribution in [0.2, 0.25) is 0 Å². The highest BCUT2D eigenvalue weighted by Crippen LogP contribution is 2.26. The predicted molar refractivity (Wildman–Crippen MR) is 89.0 cm³/mol. The largest absolute Gasteiger partial charge is 0.476 e. The van der Waals surface area contributed by atoms with Gasteiger partial charge in [0.1, 0.15) is 6.10 Å². The molecule has 1 saturated heterocycles. The van der Waals surface area contributed by atoms with Gasteiger partial charge < -0.3 is 14.4 Å². The molecule has 0 spiro atoms. The van der Waals surface area contributed by atoms with Crippen LogP contribution in [0.5, 0.6) is 5.88 Å². The van der Waals surface area contributed by atoms with Gasteiger partial charge in [0.25, 0.3) is 0 Å². The van der Waals surface area contributed by atoms with Crippen LogP contribution >= 0.6 is 0 Å². The van der Waals surface area contributed by atoms with Crippen LogP contribution in [0.3, 0.4) is 0 Å².